The maximum absolute atomic E-state index is 6.64. The van der Waals surface area contributed by atoms with Gasteiger partial charge in [0.05, 0.1) is 19.7 Å². The van der Waals surface area contributed by atoms with E-state index >= 15 is 0 Å². The SMILES string of the molecule is CCC=C1C=CC=C(N(Cl)c2ncnc3cc(OC)c(OC)cc23)C1. The number of hydrogen-bond acceptors (Lipinski definition) is 5. The van der Waals surface area contributed by atoms with Crippen LogP contribution in [0.3, 0.4) is 0 Å². The van der Waals surface area contributed by atoms with Crippen molar-refractivity contribution < 1.29 is 9.47 Å². The van der Waals surface area contributed by atoms with E-state index in [2.05, 4.69) is 29.0 Å². The Morgan fingerprint density at radius 3 is 2.68 bits per heavy atom. The number of anilines is 1. The zero-order valence-corrected chi connectivity index (χ0v) is 15.2. The molecule has 1 aliphatic rings. The van der Waals surface area contributed by atoms with E-state index < -0.39 is 0 Å². The topological polar surface area (TPSA) is 47.5 Å². The van der Waals surface area contributed by atoms with Crippen LogP contribution in [0.15, 0.2) is 54.0 Å². The second-order valence-electron chi connectivity index (χ2n) is 5.58. The Morgan fingerprint density at radius 2 is 1.96 bits per heavy atom. The van der Waals surface area contributed by atoms with Crippen LogP contribution in [0.1, 0.15) is 19.8 Å². The molecule has 0 unspecified atom stereocenters. The lowest BCUT2D eigenvalue weighted by Crippen LogP contribution is -2.14. The number of ether oxygens (including phenoxy) is 2. The number of methoxy groups -OCH3 is 2. The fourth-order valence-electron chi connectivity index (χ4n) is 2.81. The fourth-order valence-corrected chi connectivity index (χ4v) is 3.06. The number of hydrogen-bond donors (Lipinski definition) is 0. The maximum Gasteiger partial charge on any atom is 0.162 e. The number of halogens is 1. The van der Waals surface area contributed by atoms with Crippen LogP contribution < -0.4 is 13.9 Å². The summed E-state index contributed by atoms with van der Waals surface area (Å²) in [5.74, 6) is 1.85. The zero-order valence-electron chi connectivity index (χ0n) is 14.5. The first-order valence-corrected chi connectivity index (χ1v) is 8.40. The third-order valence-electron chi connectivity index (χ3n) is 4.01. The Morgan fingerprint density at radius 1 is 1.20 bits per heavy atom. The van der Waals surface area contributed by atoms with Crippen LogP contribution in [-0.2, 0) is 0 Å². The molecule has 1 heterocycles. The smallest absolute Gasteiger partial charge is 0.162 e. The normalized spacial score (nSPS) is 15.4. The average molecular weight is 358 g/mol. The van der Waals surface area contributed by atoms with Gasteiger partial charge in [0.1, 0.15) is 6.33 Å². The van der Waals surface area contributed by atoms with Crippen LogP contribution in [0.4, 0.5) is 5.82 Å². The van der Waals surface area contributed by atoms with Crippen molar-refractivity contribution in [3.05, 3.63) is 54.0 Å². The fraction of sp³-hybridized carbons (Fsp3) is 0.263. The molecule has 130 valence electrons. The summed E-state index contributed by atoms with van der Waals surface area (Å²) >= 11 is 6.64. The van der Waals surface area contributed by atoms with Gasteiger partial charge in [-0.25, -0.2) is 14.4 Å². The Labute approximate surface area is 152 Å². The van der Waals surface area contributed by atoms with Crippen molar-refractivity contribution in [2.45, 2.75) is 19.8 Å². The molecule has 0 fully saturated rings. The standard InChI is InChI=1S/C19H20ClN3O2/c1-4-6-13-7-5-8-14(9-13)23(20)19-15-10-17(24-2)18(25-3)11-16(15)21-12-22-19/h5-8,10-12H,4,9H2,1-3H3. The Balaban J connectivity index is 2.05. The van der Waals surface area contributed by atoms with Crippen molar-refractivity contribution in [1.29, 1.82) is 0 Å². The van der Waals surface area contributed by atoms with Gasteiger partial charge in [-0.3, -0.25) is 0 Å². The minimum absolute atomic E-state index is 0.611. The van der Waals surface area contributed by atoms with Gasteiger partial charge < -0.3 is 9.47 Å². The Kier molecular flexibility index (Phi) is 5.24. The van der Waals surface area contributed by atoms with Crippen LogP contribution in [-0.4, -0.2) is 24.2 Å². The summed E-state index contributed by atoms with van der Waals surface area (Å²) in [5, 5.41) is 0.798. The summed E-state index contributed by atoms with van der Waals surface area (Å²) in [6.07, 6.45) is 11.5. The van der Waals surface area contributed by atoms with Crippen LogP contribution in [0.25, 0.3) is 10.9 Å². The highest BCUT2D eigenvalue weighted by atomic mass is 35.5. The van der Waals surface area contributed by atoms with E-state index in [-0.39, 0.29) is 0 Å². The van der Waals surface area contributed by atoms with Crippen LogP contribution >= 0.6 is 11.8 Å². The van der Waals surface area contributed by atoms with Gasteiger partial charge in [-0.1, -0.05) is 25.2 Å². The molecule has 0 spiro atoms. The molecule has 0 aliphatic heterocycles. The molecule has 0 saturated heterocycles. The van der Waals surface area contributed by atoms with Crippen molar-refractivity contribution in [3.8, 4) is 11.5 Å². The highest BCUT2D eigenvalue weighted by Gasteiger charge is 2.18. The molecular weight excluding hydrogens is 338 g/mol. The van der Waals surface area contributed by atoms with E-state index in [1.54, 1.807) is 18.6 Å². The number of aromatic nitrogens is 2. The quantitative estimate of drug-likeness (QED) is 0.720. The molecule has 3 rings (SSSR count). The monoisotopic (exact) mass is 357 g/mol. The minimum atomic E-state index is 0.611. The van der Waals surface area contributed by atoms with E-state index in [1.807, 2.05) is 24.3 Å². The van der Waals surface area contributed by atoms with E-state index in [1.165, 1.54) is 11.9 Å². The maximum atomic E-state index is 6.64. The number of fused-ring (bicyclic) bond motifs is 1. The van der Waals surface area contributed by atoms with Crippen LogP contribution in [0.2, 0.25) is 0 Å². The van der Waals surface area contributed by atoms with Gasteiger partial charge in [-0.05, 0) is 24.1 Å². The average Bonchev–Trinajstić information content (AvgIpc) is 2.66. The van der Waals surface area contributed by atoms with Gasteiger partial charge in [-0.15, -0.1) is 0 Å². The van der Waals surface area contributed by atoms with Gasteiger partial charge in [-0.2, -0.15) is 0 Å². The highest BCUT2D eigenvalue weighted by Crippen LogP contribution is 2.37. The lowest BCUT2D eigenvalue weighted by Gasteiger charge is -2.22. The number of rotatable bonds is 5. The van der Waals surface area contributed by atoms with Crippen molar-refractivity contribution in [1.82, 2.24) is 9.97 Å². The largest absolute Gasteiger partial charge is 0.493 e. The highest BCUT2D eigenvalue weighted by molar-refractivity contribution is 6.28. The van der Waals surface area contributed by atoms with Crippen molar-refractivity contribution in [3.63, 3.8) is 0 Å². The lowest BCUT2D eigenvalue weighted by atomic mass is 10.0. The van der Waals surface area contributed by atoms with Gasteiger partial charge >= 0.3 is 0 Å². The molecule has 2 aromatic rings. The summed E-state index contributed by atoms with van der Waals surface area (Å²) in [4.78, 5) is 8.71. The summed E-state index contributed by atoms with van der Waals surface area (Å²) < 4.78 is 12.3. The first kappa shape index (κ1) is 17.3. The molecule has 1 aromatic heterocycles. The van der Waals surface area contributed by atoms with Gasteiger partial charge in [0, 0.05) is 35.3 Å². The van der Waals surface area contributed by atoms with E-state index in [0.29, 0.717) is 17.3 Å². The van der Waals surface area contributed by atoms with Gasteiger partial charge in [0.25, 0.3) is 0 Å². The first-order valence-electron chi connectivity index (χ1n) is 8.06. The second-order valence-corrected chi connectivity index (χ2v) is 5.92. The van der Waals surface area contributed by atoms with Crippen LogP contribution in [0.5, 0.6) is 11.5 Å². The second kappa shape index (κ2) is 7.57. The Hall–Kier alpha value is -2.53. The predicted molar refractivity (Wildman–Crippen MR) is 101 cm³/mol. The molecule has 1 aromatic carbocycles. The molecule has 0 amide bonds. The molecule has 6 heteroatoms. The third kappa shape index (κ3) is 3.46. The third-order valence-corrected chi connectivity index (χ3v) is 4.39. The lowest BCUT2D eigenvalue weighted by molar-refractivity contribution is 0.356. The van der Waals surface area contributed by atoms with E-state index in [4.69, 9.17) is 21.3 Å². The van der Waals surface area contributed by atoms with E-state index in [0.717, 1.165) is 29.4 Å². The summed E-state index contributed by atoms with van der Waals surface area (Å²) in [5.41, 5.74) is 2.94. The van der Waals surface area contributed by atoms with Gasteiger partial charge in [0.15, 0.2) is 17.3 Å². The molecular formula is C19H20ClN3O2. The molecule has 0 bridgehead atoms. The summed E-state index contributed by atoms with van der Waals surface area (Å²) in [6, 6.07) is 3.67. The van der Waals surface area contributed by atoms with E-state index in [9.17, 15) is 0 Å². The molecule has 0 N–H and O–H groups in total. The number of benzene rings is 1. The van der Waals surface area contributed by atoms with Gasteiger partial charge in [0.2, 0.25) is 0 Å². The van der Waals surface area contributed by atoms with Crippen molar-refractivity contribution in [2.75, 3.05) is 18.6 Å². The van der Waals surface area contributed by atoms with Crippen molar-refractivity contribution >= 4 is 28.5 Å². The first-order chi connectivity index (χ1) is 12.2. The molecule has 0 atom stereocenters. The molecule has 0 radical (unpaired) electrons. The molecule has 25 heavy (non-hydrogen) atoms. The number of allylic oxidation sites excluding steroid dienone is 5. The number of nitrogens with zero attached hydrogens (tertiary/aromatic N) is 3. The van der Waals surface area contributed by atoms with Crippen molar-refractivity contribution in [2.24, 2.45) is 0 Å². The minimum Gasteiger partial charge on any atom is -0.493 e. The Bertz CT molecular complexity index is 874. The summed E-state index contributed by atoms with van der Waals surface area (Å²) in [6.45, 7) is 2.12. The van der Waals surface area contributed by atoms with Crippen LogP contribution in [0, 0.1) is 0 Å². The summed E-state index contributed by atoms with van der Waals surface area (Å²) in [7, 11) is 3.20. The molecule has 0 saturated carbocycles. The molecule has 5 nitrogen and oxygen atoms in total. The zero-order chi connectivity index (χ0) is 17.8. The predicted octanol–water partition coefficient (Wildman–Crippen LogP) is 4.79. The molecule has 1 aliphatic carbocycles.